The lowest BCUT2D eigenvalue weighted by molar-refractivity contribution is 0.442. The zero-order valence-electron chi connectivity index (χ0n) is 4.31. The number of furan rings is 1. The van der Waals surface area contributed by atoms with E-state index in [1.807, 2.05) is 0 Å². The Kier molecular flexibility index (Phi) is 1.29. The molecule has 3 heteroatoms. The van der Waals surface area contributed by atoms with Gasteiger partial charge in [-0.1, -0.05) is 0 Å². The Labute approximate surface area is 55.3 Å². The maximum atomic E-state index is 8.91. The van der Waals surface area contributed by atoms with E-state index < -0.39 is 0 Å². The number of rotatable bonds is 0. The maximum Gasteiger partial charge on any atom is 0.171 e. The predicted octanol–water partition coefficient (Wildman–Crippen LogP) is 2.06. The van der Waals surface area contributed by atoms with Crippen LogP contribution < -0.4 is 0 Å². The molecular weight excluding hydrogens is 172 g/mol. The van der Waals surface area contributed by atoms with Gasteiger partial charge in [-0.3, -0.25) is 0 Å². The summed E-state index contributed by atoms with van der Waals surface area (Å²) >= 11 is 3.07. The van der Waals surface area contributed by atoms with Gasteiger partial charge in [0.25, 0.3) is 0 Å². The highest BCUT2D eigenvalue weighted by Gasteiger charge is 2.02. The number of hydrogen-bond acceptors (Lipinski definition) is 2. The largest absolute Gasteiger partial charge is 0.504 e. The highest BCUT2D eigenvalue weighted by atomic mass is 79.9. The summed E-state index contributed by atoms with van der Waals surface area (Å²) in [6.07, 6.45) is 1.45. The summed E-state index contributed by atoms with van der Waals surface area (Å²) in [6.45, 7) is 1.69. The van der Waals surface area contributed by atoms with Gasteiger partial charge in [-0.15, -0.1) is 0 Å². The normalized spacial score (nSPS) is 9.75. The third kappa shape index (κ3) is 0.733. The lowest BCUT2D eigenvalue weighted by atomic mass is 10.5. The summed E-state index contributed by atoms with van der Waals surface area (Å²) in [5, 5.41) is 8.91. The first-order chi connectivity index (χ1) is 3.72. The molecule has 0 atom stereocenters. The minimum atomic E-state index is 0.185. The van der Waals surface area contributed by atoms with E-state index in [1.54, 1.807) is 6.92 Å². The first kappa shape index (κ1) is 5.69. The molecule has 2 nitrogen and oxygen atoms in total. The minimum absolute atomic E-state index is 0.185. The lowest BCUT2D eigenvalue weighted by Gasteiger charge is -1.82. The Morgan fingerprint density at radius 2 is 2.38 bits per heavy atom. The second kappa shape index (κ2) is 1.82. The zero-order valence-corrected chi connectivity index (χ0v) is 5.90. The molecule has 0 amide bonds. The van der Waals surface area contributed by atoms with Crippen LogP contribution >= 0.6 is 15.9 Å². The van der Waals surface area contributed by atoms with Crippen molar-refractivity contribution in [3.05, 3.63) is 16.5 Å². The molecule has 0 aliphatic heterocycles. The van der Waals surface area contributed by atoms with Gasteiger partial charge in [0.2, 0.25) is 0 Å². The van der Waals surface area contributed by atoms with E-state index in [0.717, 1.165) is 0 Å². The third-order valence-electron chi connectivity index (χ3n) is 0.899. The molecule has 0 spiro atoms. The van der Waals surface area contributed by atoms with Gasteiger partial charge in [-0.05, 0) is 22.9 Å². The first-order valence-corrected chi connectivity index (χ1v) is 2.93. The fraction of sp³-hybridized carbons (Fsp3) is 0.200. The van der Waals surface area contributed by atoms with Gasteiger partial charge in [-0.25, -0.2) is 0 Å². The Bertz CT molecular complexity index is 173. The standard InChI is InChI=1S/C5H5BrO2/c1-3-5(7)4(6)2-8-3/h2,7H,1H3. The van der Waals surface area contributed by atoms with Crippen molar-refractivity contribution in [2.45, 2.75) is 6.92 Å². The molecule has 44 valence electrons. The maximum absolute atomic E-state index is 8.91. The highest BCUT2D eigenvalue weighted by molar-refractivity contribution is 9.10. The highest BCUT2D eigenvalue weighted by Crippen LogP contribution is 2.28. The number of aromatic hydroxyl groups is 1. The molecule has 0 aliphatic carbocycles. The fourth-order valence-electron chi connectivity index (χ4n) is 0.420. The van der Waals surface area contributed by atoms with Crippen LogP contribution in [0.3, 0.4) is 0 Å². The van der Waals surface area contributed by atoms with Crippen LogP contribution in [0.5, 0.6) is 5.75 Å². The Hall–Kier alpha value is -0.440. The van der Waals surface area contributed by atoms with Gasteiger partial charge in [0, 0.05) is 0 Å². The van der Waals surface area contributed by atoms with Crippen LogP contribution in [0, 0.1) is 6.92 Å². The summed E-state index contributed by atoms with van der Waals surface area (Å²) in [4.78, 5) is 0. The second-order valence-corrected chi connectivity index (χ2v) is 2.34. The molecule has 0 fully saturated rings. The average Bonchev–Trinajstić information content (AvgIpc) is 1.98. The van der Waals surface area contributed by atoms with E-state index in [2.05, 4.69) is 15.9 Å². The summed E-state index contributed by atoms with van der Waals surface area (Å²) < 4.78 is 5.40. The fourth-order valence-corrected chi connectivity index (χ4v) is 0.793. The molecule has 1 N–H and O–H groups in total. The SMILES string of the molecule is Cc1occ(Br)c1O. The van der Waals surface area contributed by atoms with Crippen molar-refractivity contribution in [2.24, 2.45) is 0 Å². The summed E-state index contributed by atoms with van der Waals surface area (Å²) in [5.74, 6) is 0.724. The monoisotopic (exact) mass is 176 g/mol. The topological polar surface area (TPSA) is 33.4 Å². The molecule has 1 rings (SSSR count). The minimum Gasteiger partial charge on any atom is -0.504 e. The summed E-state index contributed by atoms with van der Waals surface area (Å²) in [7, 11) is 0. The lowest BCUT2D eigenvalue weighted by Crippen LogP contribution is -1.59. The van der Waals surface area contributed by atoms with Crippen LogP contribution in [-0.4, -0.2) is 5.11 Å². The molecule has 0 saturated carbocycles. The van der Waals surface area contributed by atoms with Crippen molar-refractivity contribution >= 4 is 15.9 Å². The van der Waals surface area contributed by atoms with Crippen molar-refractivity contribution < 1.29 is 9.52 Å². The number of aryl methyl sites for hydroxylation is 1. The molecular formula is C5H5BrO2. The van der Waals surface area contributed by atoms with Crippen LogP contribution in [0.4, 0.5) is 0 Å². The van der Waals surface area contributed by atoms with Crippen molar-refractivity contribution in [1.82, 2.24) is 0 Å². The van der Waals surface area contributed by atoms with Gasteiger partial charge < -0.3 is 9.52 Å². The van der Waals surface area contributed by atoms with Crippen LogP contribution in [0.1, 0.15) is 5.76 Å². The molecule has 0 saturated heterocycles. The molecule has 8 heavy (non-hydrogen) atoms. The average molecular weight is 177 g/mol. The first-order valence-electron chi connectivity index (χ1n) is 2.14. The van der Waals surface area contributed by atoms with E-state index in [4.69, 9.17) is 9.52 Å². The van der Waals surface area contributed by atoms with Crippen molar-refractivity contribution in [2.75, 3.05) is 0 Å². The van der Waals surface area contributed by atoms with Gasteiger partial charge in [0.1, 0.15) is 12.0 Å². The van der Waals surface area contributed by atoms with Crippen LogP contribution in [-0.2, 0) is 0 Å². The molecule has 0 radical (unpaired) electrons. The zero-order chi connectivity index (χ0) is 6.15. The van der Waals surface area contributed by atoms with E-state index in [9.17, 15) is 0 Å². The predicted molar refractivity (Wildman–Crippen MR) is 32.8 cm³/mol. The van der Waals surface area contributed by atoms with Crippen molar-refractivity contribution in [3.63, 3.8) is 0 Å². The molecule has 0 aromatic carbocycles. The van der Waals surface area contributed by atoms with Crippen LogP contribution in [0.15, 0.2) is 15.2 Å². The van der Waals surface area contributed by atoms with E-state index in [-0.39, 0.29) is 5.75 Å². The molecule has 0 bridgehead atoms. The van der Waals surface area contributed by atoms with Gasteiger partial charge in [0.05, 0.1) is 4.47 Å². The summed E-state index contributed by atoms with van der Waals surface area (Å²) in [6, 6.07) is 0. The van der Waals surface area contributed by atoms with Gasteiger partial charge in [-0.2, -0.15) is 0 Å². The molecule has 1 aromatic heterocycles. The number of halogens is 1. The molecule has 1 aromatic rings. The van der Waals surface area contributed by atoms with Gasteiger partial charge in [0.15, 0.2) is 5.75 Å². The van der Waals surface area contributed by atoms with E-state index >= 15 is 0 Å². The second-order valence-electron chi connectivity index (χ2n) is 1.49. The van der Waals surface area contributed by atoms with Crippen molar-refractivity contribution in [1.29, 1.82) is 0 Å². The quantitative estimate of drug-likeness (QED) is 0.657. The smallest absolute Gasteiger partial charge is 0.171 e. The van der Waals surface area contributed by atoms with E-state index in [1.165, 1.54) is 6.26 Å². The summed E-state index contributed by atoms with van der Waals surface area (Å²) in [5.41, 5.74) is 0. The Morgan fingerprint density at radius 1 is 1.75 bits per heavy atom. The number of hydrogen-bond donors (Lipinski definition) is 1. The van der Waals surface area contributed by atoms with Crippen molar-refractivity contribution in [3.8, 4) is 5.75 Å². The Morgan fingerprint density at radius 3 is 2.50 bits per heavy atom. The van der Waals surface area contributed by atoms with Crippen LogP contribution in [0.2, 0.25) is 0 Å². The Balaban J connectivity index is 3.19. The van der Waals surface area contributed by atoms with Crippen LogP contribution in [0.25, 0.3) is 0 Å². The molecule has 0 unspecified atom stereocenters. The molecule has 0 aliphatic rings. The third-order valence-corrected chi connectivity index (χ3v) is 1.46. The molecule has 1 heterocycles. The van der Waals surface area contributed by atoms with Gasteiger partial charge >= 0.3 is 0 Å². The van der Waals surface area contributed by atoms with E-state index in [0.29, 0.717) is 10.2 Å².